The number of rotatable bonds is 11. The standard InChI is InChI=1S/C24H24ClN5O4S.ClH/c25-19-3-1-2-18(14-19)23(31)15-26-13-12-17-4-8-21(9-5-17)35(32,33)22-10-6-20(7-11-22)34-16-24-27-29-30-28-24;/h1-11,14,23,26,31H,12-13,15-16H2,(H,27,28,29,30);1H/t23-;/m0./s1. The largest absolute Gasteiger partial charge is 0.485 e. The van der Waals surface area contributed by atoms with Crippen molar-refractivity contribution in [2.45, 2.75) is 28.9 Å². The molecule has 0 amide bonds. The SMILES string of the molecule is Cl.O=S(=O)(c1ccc(CCNC[C@H](O)c2cccc(Cl)c2)cc1)c1ccc(OCc2nn[nH]n2)cc1. The molecule has 0 saturated carbocycles. The van der Waals surface area contributed by atoms with Crippen molar-refractivity contribution in [1.29, 1.82) is 0 Å². The number of aromatic amines is 1. The number of tetrazole rings is 1. The van der Waals surface area contributed by atoms with E-state index in [0.717, 1.165) is 11.1 Å². The summed E-state index contributed by atoms with van der Waals surface area (Å²) >= 11 is 5.96. The lowest BCUT2D eigenvalue weighted by Gasteiger charge is -2.13. The fraction of sp³-hybridized carbons (Fsp3) is 0.208. The Morgan fingerprint density at radius 1 is 1.03 bits per heavy atom. The number of aromatic nitrogens is 4. The number of benzene rings is 3. The van der Waals surface area contributed by atoms with Crippen molar-refractivity contribution >= 4 is 33.8 Å². The monoisotopic (exact) mass is 549 g/mol. The van der Waals surface area contributed by atoms with Crippen LogP contribution in [0, 0.1) is 0 Å². The summed E-state index contributed by atoms with van der Waals surface area (Å²) in [6, 6.07) is 20.1. The molecule has 4 rings (SSSR count). The maximum absolute atomic E-state index is 13.0. The van der Waals surface area contributed by atoms with Gasteiger partial charge in [0.2, 0.25) is 15.7 Å². The molecule has 0 unspecified atom stereocenters. The molecule has 3 N–H and O–H groups in total. The van der Waals surface area contributed by atoms with Crippen LogP contribution in [0.3, 0.4) is 0 Å². The number of nitrogens with zero attached hydrogens (tertiary/aromatic N) is 3. The number of nitrogens with one attached hydrogen (secondary N) is 2. The van der Waals surface area contributed by atoms with E-state index in [9.17, 15) is 13.5 Å². The Balaban J connectivity index is 0.00000361. The lowest BCUT2D eigenvalue weighted by molar-refractivity contribution is 0.175. The number of H-pyrrole nitrogens is 1. The van der Waals surface area contributed by atoms with Gasteiger partial charge in [-0.3, -0.25) is 0 Å². The number of aliphatic hydroxyl groups excluding tert-OH is 1. The van der Waals surface area contributed by atoms with Crippen molar-refractivity contribution in [1.82, 2.24) is 25.9 Å². The highest BCUT2D eigenvalue weighted by molar-refractivity contribution is 7.91. The quantitative estimate of drug-likeness (QED) is 0.242. The second-order valence-electron chi connectivity index (χ2n) is 7.76. The van der Waals surface area contributed by atoms with E-state index in [4.69, 9.17) is 16.3 Å². The van der Waals surface area contributed by atoms with Crippen molar-refractivity contribution in [3.63, 3.8) is 0 Å². The van der Waals surface area contributed by atoms with E-state index in [1.54, 1.807) is 54.6 Å². The molecule has 0 aliphatic rings. The molecule has 0 fully saturated rings. The Kier molecular flexibility index (Phi) is 9.80. The molecule has 1 aromatic heterocycles. The number of aliphatic hydroxyl groups is 1. The van der Waals surface area contributed by atoms with Crippen LogP contribution in [-0.4, -0.2) is 47.2 Å². The minimum Gasteiger partial charge on any atom is -0.485 e. The lowest BCUT2D eigenvalue weighted by atomic mass is 10.1. The summed E-state index contributed by atoms with van der Waals surface area (Å²) in [6.07, 6.45) is 0.0339. The maximum atomic E-state index is 13.0. The van der Waals surface area contributed by atoms with Crippen LogP contribution in [0.15, 0.2) is 82.6 Å². The molecule has 0 bridgehead atoms. The summed E-state index contributed by atoms with van der Waals surface area (Å²) in [5, 5.41) is 27.4. The second kappa shape index (κ2) is 12.8. The Bertz CT molecular complexity index is 1340. The first-order valence-corrected chi connectivity index (χ1v) is 12.7. The zero-order valence-electron chi connectivity index (χ0n) is 19.0. The maximum Gasteiger partial charge on any atom is 0.211 e. The highest BCUT2D eigenvalue weighted by Gasteiger charge is 2.17. The van der Waals surface area contributed by atoms with Gasteiger partial charge in [-0.05, 0) is 72.6 Å². The average molecular weight is 550 g/mol. The summed E-state index contributed by atoms with van der Waals surface area (Å²) in [5.74, 6) is 0.895. The molecular weight excluding hydrogens is 525 g/mol. The number of hydrogen-bond donors (Lipinski definition) is 3. The first-order valence-electron chi connectivity index (χ1n) is 10.9. The molecule has 0 saturated heterocycles. The molecule has 1 heterocycles. The van der Waals surface area contributed by atoms with Gasteiger partial charge < -0.3 is 15.2 Å². The van der Waals surface area contributed by atoms with E-state index in [1.807, 2.05) is 6.07 Å². The van der Waals surface area contributed by atoms with Gasteiger partial charge in [0.05, 0.1) is 15.9 Å². The zero-order chi connectivity index (χ0) is 24.7. The Hall–Kier alpha value is -3.02. The number of sulfone groups is 1. The van der Waals surface area contributed by atoms with Crippen molar-refractivity contribution in [3.05, 3.63) is 94.8 Å². The normalized spacial score (nSPS) is 12.1. The highest BCUT2D eigenvalue weighted by atomic mass is 35.5. The van der Waals surface area contributed by atoms with E-state index in [1.165, 1.54) is 12.1 Å². The van der Waals surface area contributed by atoms with Crippen LogP contribution in [0.5, 0.6) is 5.75 Å². The predicted octanol–water partition coefficient (Wildman–Crippen LogP) is 3.55. The average Bonchev–Trinajstić information content (AvgIpc) is 3.40. The van der Waals surface area contributed by atoms with Crippen molar-refractivity contribution in [3.8, 4) is 5.75 Å². The Morgan fingerprint density at radius 2 is 1.72 bits per heavy atom. The first kappa shape index (κ1) is 27.6. The highest BCUT2D eigenvalue weighted by Crippen LogP contribution is 2.24. The Morgan fingerprint density at radius 3 is 2.36 bits per heavy atom. The van der Waals surface area contributed by atoms with Gasteiger partial charge in [0.25, 0.3) is 0 Å². The molecule has 12 heteroatoms. The fourth-order valence-corrected chi connectivity index (χ4v) is 4.84. The van der Waals surface area contributed by atoms with E-state index in [-0.39, 0.29) is 28.8 Å². The minimum atomic E-state index is -3.66. The fourth-order valence-electron chi connectivity index (χ4n) is 3.38. The van der Waals surface area contributed by atoms with Gasteiger partial charge >= 0.3 is 0 Å². The van der Waals surface area contributed by atoms with Crippen LogP contribution < -0.4 is 10.1 Å². The van der Waals surface area contributed by atoms with Crippen LogP contribution in [-0.2, 0) is 22.9 Å². The van der Waals surface area contributed by atoms with E-state index in [2.05, 4.69) is 25.9 Å². The Labute approximate surface area is 220 Å². The third-order valence-corrected chi connectivity index (χ3v) is 7.31. The van der Waals surface area contributed by atoms with Crippen LogP contribution in [0.25, 0.3) is 0 Å². The topological polar surface area (TPSA) is 130 Å². The van der Waals surface area contributed by atoms with Gasteiger partial charge in [0.15, 0.2) is 6.61 Å². The number of hydrogen-bond acceptors (Lipinski definition) is 8. The summed E-state index contributed by atoms with van der Waals surface area (Å²) in [5.41, 5.74) is 1.74. The molecule has 3 aromatic carbocycles. The molecular formula is C24H25Cl2N5O4S. The van der Waals surface area contributed by atoms with Crippen LogP contribution in [0.1, 0.15) is 23.1 Å². The molecule has 1 atom stereocenters. The van der Waals surface area contributed by atoms with E-state index >= 15 is 0 Å². The second-order valence-corrected chi connectivity index (χ2v) is 10.1. The minimum absolute atomic E-state index is 0. The summed E-state index contributed by atoms with van der Waals surface area (Å²) in [7, 11) is -3.66. The summed E-state index contributed by atoms with van der Waals surface area (Å²) < 4.78 is 31.5. The van der Waals surface area contributed by atoms with Gasteiger partial charge in [0, 0.05) is 11.6 Å². The number of halogens is 2. The zero-order valence-corrected chi connectivity index (χ0v) is 21.4. The third kappa shape index (κ3) is 7.25. The summed E-state index contributed by atoms with van der Waals surface area (Å²) in [4.78, 5) is 0.389. The van der Waals surface area contributed by atoms with Crippen LogP contribution in [0.4, 0.5) is 0 Å². The van der Waals surface area contributed by atoms with Crippen molar-refractivity contribution in [2.75, 3.05) is 13.1 Å². The van der Waals surface area contributed by atoms with Crippen molar-refractivity contribution < 1.29 is 18.3 Å². The van der Waals surface area contributed by atoms with Gasteiger partial charge in [-0.25, -0.2) is 8.42 Å². The van der Waals surface area contributed by atoms with Crippen LogP contribution in [0.2, 0.25) is 5.02 Å². The predicted molar refractivity (Wildman–Crippen MR) is 137 cm³/mol. The molecule has 9 nitrogen and oxygen atoms in total. The van der Waals surface area contributed by atoms with Crippen LogP contribution >= 0.6 is 24.0 Å². The summed E-state index contributed by atoms with van der Waals surface area (Å²) in [6.45, 7) is 1.15. The lowest BCUT2D eigenvalue weighted by Crippen LogP contribution is -2.23. The first-order chi connectivity index (χ1) is 16.9. The third-order valence-electron chi connectivity index (χ3n) is 5.29. The van der Waals surface area contributed by atoms with Gasteiger partial charge in [-0.2, -0.15) is 5.21 Å². The van der Waals surface area contributed by atoms with Gasteiger partial charge in [0.1, 0.15) is 5.75 Å². The molecule has 0 aliphatic heterocycles. The van der Waals surface area contributed by atoms with Gasteiger partial charge in [-0.15, -0.1) is 22.6 Å². The molecule has 4 aromatic rings. The molecule has 0 spiro atoms. The van der Waals surface area contributed by atoms with Crippen molar-refractivity contribution in [2.24, 2.45) is 0 Å². The number of ether oxygens (including phenoxy) is 1. The van der Waals surface area contributed by atoms with Gasteiger partial charge in [-0.1, -0.05) is 41.1 Å². The molecule has 0 aliphatic carbocycles. The van der Waals surface area contributed by atoms with E-state index < -0.39 is 15.9 Å². The van der Waals surface area contributed by atoms with E-state index in [0.29, 0.717) is 36.1 Å². The molecule has 0 radical (unpaired) electrons. The molecule has 190 valence electrons. The smallest absolute Gasteiger partial charge is 0.211 e. The molecule has 36 heavy (non-hydrogen) atoms.